The van der Waals surface area contributed by atoms with Gasteiger partial charge >= 0.3 is 0 Å². The van der Waals surface area contributed by atoms with Crippen LogP contribution in [0.4, 0.5) is 0 Å². The molecule has 3 rings (SSSR count). The van der Waals surface area contributed by atoms with Gasteiger partial charge in [-0.05, 0) is 44.0 Å². The summed E-state index contributed by atoms with van der Waals surface area (Å²) in [5.41, 5.74) is 3.21. The van der Waals surface area contributed by atoms with E-state index in [1.165, 1.54) is 17.3 Å². The molecular formula is C28H32N2O2S. The molecule has 4 nitrogen and oxygen atoms in total. The molecule has 0 unspecified atom stereocenters. The summed E-state index contributed by atoms with van der Waals surface area (Å²) < 4.78 is 0. The maximum absolute atomic E-state index is 13.5. The minimum Gasteiger partial charge on any atom is -0.352 e. The monoisotopic (exact) mass is 460 g/mol. The fraction of sp³-hybridized carbons (Fsp3) is 0.286. The second kappa shape index (κ2) is 12.3. The molecule has 0 heterocycles. The molecule has 0 spiro atoms. The van der Waals surface area contributed by atoms with E-state index in [-0.39, 0.29) is 23.6 Å². The molecule has 0 saturated heterocycles. The first-order valence-corrected chi connectivity index (χ1v) is 12.3. The molecule has 0 bridgehead atoms. The highest BCUT2D eigenvalue weighted by atomic mass is 32.2. The number of nitrogens with zero attached hydrogens (tertiary/aromatic N) is 1. The first kappa shape index (κ1) is 24.6. The van der Waals surface area contributed by atoms with Gasteiger partial charge in [-0.3, -0.25) is 9.59 Å². The molecule has 0 saturated carbocycles. The average Bonchev–Trinajstić information content (AvgIpc) is 2.81. The highest BCUT2D eigenvalue weighted by molar-refractivity contribution is 8.00. The van der Waals surface area contributed by atoms with E-state index in [0.29, 0.717) is 13.0 Å². The van der Waals surface area contributed by atoms with Crippen molar-refractivity contribution in [3.05, 3.63) is 102 Å². The van der Waals surface area contributed by atoms with Gasteiger partial charge in [0.1, 0.15) is 6.04 Å². The number of hydrogen-bond donors (Lipinski definition) is 1. The maximum Gasteiger partial charge on any atom is 0.243 e. The van der Waals surface area contributed by atoms with Crippen LogP contribution in [-0.4, -0.2) is 34.6 Å². The fourth-order valence-corrected chi connectivity index (χ4v) is 4.36. The van der Waals surface area contributed by atoms with Crippen molar-refractivity contribution < 1.29 is 9.59 Å². The number of carbonyl (C=O) groups excluding carboxylic acids is 2. The van der Waals surface area contributed by atoms with Crippen molar-refractivity contribution in [3.8, 4) is 0 Å². The van der Waals surface area contributed by atoms with E-state index >= 15 is 0 Å². The maximum atomic E-state index is 13.5. The first-order valence-electron chi connectivity index (χ1n) is 11.3. The van der Waals surface area contributed by atoms with Crippen LogP contribution < -0.4 is 5.32 Å². The third-order valence-electron chi connectivity index (χ3n) is 5.28. The van der Waals surface area contributed by atoms with E-state index in [1.807, 2.05) is 106 Å². The van der Waals surface area contributed by atoms with E-state index in [9.17, 15) is 9.59 Å². The van der Waals surface area contributed by atoms with E-state index in [0.717, 1.165) is 16.0 Å². The summed E-state index contributed by atoms with van der Waals surface area (Å²) in [6.07, 6.45) is 0.465. The number of hydrogen-bond acceptors (Lipinski definition) is 3. The Bertz CT molecular complexity index is 1020. The van der Waals surface area contributed by atoms with Crippen LogP contribution in [0.1, 0.15) is 30.5 Å². The van der Waals surface area contributed by atoms with E-state index in [4.69, 9.17) is 0 Å². The van der Waals surface area contributed by atoms with Gasteiger partial charge < -0.3 is 10.2 Å². The van der Waals surface area contributed by atoms with Gasteiger partial charge in [0, 0.05) is 23.9 Å². The van der Waals surface area contributed by atoms with Gasteiger partial charge in [-0.1, -0.05) is 78.4 Å². The SMILES string of the molecule is Cc1ccc(SCC(=O)N(Cc2ccccc2)[C@@H](Cc2ccccc2)C(=O)NC(C)C)cc1. The zero-order chi connectivity index (χ0) is 23.6. The first-order chi connectivity index (χ1) is 15.9. The predicted octanol–water partition coefficient (Wildman–Crippen LogP) is 5.25. The number of rotatable bonds is 10. The van der Waals surface area contributed by atoms with Crippen LogP contribution in [-0.2, 0) is 22.6 Å². The number of carbonyl (C=O) groups is 2. The van der Waals surface area contributed by atoms with Crippen LogP contribution in [0.25, 0.3) is 0 Å². The average molecular weight is 461 g/mol. The zero-order valence-electron chi connectivity index (χ0n) is 19.5. The molecule has 1 atom stereocenters. The van der Waals surface area contributed by atoms with Gasteiger partial charge in [-0.25, -0.2) is 0 Å². The molecule has 0 aromatic heterocycles. The summed E-state index contributed by atoms with van der Waals surface area (Å²) in [5, 5.41) is 3.02. The number of thioether (sulfide) groups is 1. The van der Waals surface area contributed by atoms with Crippen molar-refractivity contribution in [1.29, 1.82) is 0 Å². The Morgan fingerprint density at radius 2 is 1.42 bits per heavy atom. The Kier molecular flexibility index (Phi) is 9.14. The van der Waals surface area contributed by atoms with Crippen LogP contribution in [0.3, 0.4) is 0 Å². The standard InChI is InChI=1S/C28H32N2O2S/c1-21(2)29-28(32)26(18-23-10-6-4-7-11-23)30(19-24-12-8-5-9-13-24)27(31)20-33-25-16-14-22(3)15-17-25/h4-17,21,26H,18-20H2,1-3H3,(H,29,32)/t26-/m0/s1. The Morgan fingerprint density at radius 1 is 0.848 bits per heavy atom. The molecular weight excluding hydrogens is 428 g/mol. The second-order valence-corrected chi connectivity index (χ2v) is 9.53. The summed E-state index contributed by atoms with van der Waals surface area (Å²) in [4.78, 5) is 29.6. The third-order valence-corrected chi connectivity index (χ3v) is 6.28. The van der Waals surface area contributed by atoms with Gasteiger partial charge in [0.2, 0.25) is 11.8 Å². The minimum absolute atomic E-state index is 0.00798. The van der Waals surface area contributed by atoms with Gasteiger partial charge in [-0.15, -0.1) is 11.8 Å². The molecule has 3 aromatic rings. The molecule has 33 heavy (non-hydrogen) atoms. The Labute approximate surface area is 201 Å². The Balaban J connectivity index is 1.87. The third kappa shape index (κ3) is 7.79. The summed E-state index contributed by atoms with van der Waals surface area (Å²) in [7, 11) is 0. The van der Waals surface area contributed by atoms with Crippen LogP contribution in [0, 0.1) is 6.92 Å². The van der Waals surface area contributed by atoms with E-state index < -0.39 is 6.04 Å². The lowest BCUT2D eigenvalue weighted by Gasteiger charge is -2.32. The van der Waals surface area contributed by atoms with Crippen molar-refractivity contribution in [1.82, 2.24) is 10.2 Å². The van der Waals surface area contributed by atoms with Crippen molar-refractivity contribution in [2.24, 2.45) is 0 Å². The van der Waals surface area contributed by atoms with Crippen molar-refractivity contribution in [2.45, 2.75) is 50.7 Å². The molecule has 172 valence electrons. The van der Waals surface area contributed by atoms with E-state index in [2.05, 4.69) is 5.32 Å². The largest absolute Gasteiger partial charge is 0.352 e. The number of benzene rings is 3. The topological polar surface area (TPSA) is 49.4 Å². The number of nitrogens with one attached hydrogen (secondary N) is 1. The molecule has 0 aliphatic rings. The van der Waals surface area contributed by atoms with Gasteiger partial charge in [0.05, 0.1) is 5.75 Å². The normalized spacial score (nSPS) is 11.8. The van der Waals surface area contributed by atoms with Crippen molar-refractivity contribution in [3.63, 3.8) is 0 Å². The Hall–Kier alpha value is -3.05. The molecule has 0 radical (unpaired) electrons. The van der Waals surface area contributed by atoms with Crippen LogP contribution in [0.2, 0.25) is 0 Å². The molecule has 0 aliphatic carbocycles. The molecule has 5 heteroatoms. The van der Waals surface area contributed by atoms with Gasteiger partial charge in [-0.2, -0.15) is 0 Å². The van der Waals surface area contributed by atoms with Gasteiger partial charge in [0.15, 0.2) is 0 Å². The van der Waals surface area contributed by atoms with Crippen LogP contribution >= 0.6 is 11.8 Å². The van der Waals surface area contributed by atoms with Gasteiger partial charge in [0.25, 0.3) is 0 Å². The molecule has 0 aliphatic heterocycles. The van der Waals surface area contributed by atoms with Crippen LogP contribution in [0.5, 0.6) is 0 Å². The van der Waals surface area contributed by atoms with E-state index in [1.54, 1.807) is 4.90 Å². The summed E-state index contributed by atoms with van der Waals surface area (Å²) in [6.45, 7) is 6.31. The van der Waals surface area contributed by atoms with Crippen molar-refractivity contribution in [2.75, 3.05) is 5.75 Å². The molecule has 2 amide bonds. The predicted molar refractivity (Wildman–Crippen MR) is 136 cm³/mol. The summed E-state index contributed by atoms with van der Waals surface area (Å²) in [5.74, 6) is 0.0959. The zero-order valence-corrected chi connectivity index (χ0v) is 20.3. The molecule has 0 fully saturated rings. The summed E-state index contributed by atoms with van der Waals surface area (Å²) in [6, 6.07) is 27.3. The highest BCUT2D eigenvalue weighted by Crippen LogP contribution is 2.21. The molecule has 1 N–H and O–H groups in total. The highest BCUT2D eigenvalue weighted by Gasteiger charge is 2.30. The summed E-state index contributed by atoms with van der Waals surface area (Å²) >= 11 is 1.50. The number of amides is 2. The lowest BCUT2D eigenvalue weighted by atomic mass is 10.0. The minimum atomic E-state index is -0.596. The van der Waals surface area contributed by atoms with Crippen molar-refractivity contribution >= 4 is 23.6 Å². The lowest BCUT2D eigenvalue weighted by molar-refractivity contribution is -0.139. The molecule has 3 aromatic carbocycles. The Morgan fingerprint density at radius 3 is 2.00 bits per heavy atom. The van der Waals surface area contributed by atoms with Crippen LogP contribution in [0.15, 0.2) is 89.8 Å². The quantitative estimate of drug-likeness (QED) is 0.420. The smallest absolute Gasteiger partial charge is 0.243 e. The second-order valence-electron chi connectivity index (χ2n) is 8.48. The fourth-order valence-electron chi connectivity index (χ4n) is 3.58. The number of aryl methyl sites for hydroxylation is 1. The lowest BCUT2D eigenvalue weighted by Crippen LogP contribution is -2.52.